The third kappa shape index (κ3) is 7.41. The van der Waals surface area contributed by atoms with Crippen molar-refractivity contribution in [3.63, 3.8) is 0 Å². The Morgan fingerprint density at radius 2 is 1.62 bits per heavy atom. The Bertz CT molecular complexity index is 391. The van der Waals surface area contributed by atoms with Crippen LogP contribution in [0.25, 0.3) is 0 Å². The monoisotopic (exact) mass is 287 g/mol. The van der Waals surface area contributed by atoms with Crippen molar-refractivity contribution in [2.75, 3.05) is 0 Å². The fourth-order valence-corrected chi connectivity index (χ4v) is 1.92. The lowest BCUT2D eigenvalue weighted by Crippen LogP contribution is -1.45. The number of rotatable bonds is 0. The van der Waals surface area contributed by atoms with Gasteiger partial charge in [0.25, 0.3) is 0 Å². The van der Waals surface area contributed by atoms with Gasteiger partial charge in [0.15, 0.2) is 3.95 Å². The number of aromatic nitrogens is 3. The third-order valence-corrected chi connectivity index (χ3v) is 3.19. The normalized spacial score (nSPS) is 8.25. The molecule has 0 atom stereocenters. The van der Waals surface area contributed by atoms with Crippen LogP contribution in [-0.2, 0) is 0 Å². The molecule has 0 amide bonds. The van der Waals surface area contributed by atoms with E-state index in [1.165, 1.54) is 11.3 Å². The van der Waals surface area contributed by atoms with E-state index in [9.17, 15) is 0 Å². The summed E-state index contributed by atoms with van der Waals surface area (Å²) in [6.07, 6.45) is 5.36. The summed E-state index contributed by atoms with van der Waals surface area (Å²) in [5, 5.41) is 5.78. The smallest absolute Gasteiger partial charge is 0.158 e. The predicted octanol–water partition coefficient (Wildman–Crippen LogP) is 4.09. The van der Waals surface area contributed by atoms with E-state index in [0.717, 1.165) is 3.95 Å². The van der Waals surface area contributed by atoms with Crippen molar-refractivity contribution in [2.24, 2.45) is 0 Å². The molecule has 0 fully saturated rings. The summed E-state index contributed by atoms with van der Waals surface area (Å²) in [7, 11) is 0. The van der Waals surface area contributed by atoms with Crippen LogP contribution < -0.4 is 0 Å². The van der Waals surface area contributed by atoms with Gasteiger partial charge in [-0.05, 0) is 12.2 Å². The molecule has 3 nitrogen and oxygen atoms in total. The van der Waals surface area contributed by atoms with Gasteiger partial charge in [-0.1, -0.05) is 0 Å². The quantitative estimate of drug-likeness (QED) is 0.633. The average Bonchev–Trinajstić information content (AvgIpc) is 3.07. The third-order valence-electron chi connectivity index (χ3n) is 1.14. The van der Waals surface area contributed by atoms with Gasteiger partial charge >= 0.3 is 0 Å². The molecule has 3 rings (SSSR count). The molecule has 1 N–H and O–H groups in total. The fraction of sp³-hybridized carbons (Fsp3) is 0. The second-order valence-electron chi connectivity index (χ2n) is 2.20. The zero-order chi connectivity index (χ0) is 11.5. The first kappa shape index (κ1) is 13.2. The first-order valence-electron chi connectivity index (χ1n) is 4.16. The molecule has 7 heteroatoms. The molecule has 0 aliphatic heterocycles. The number of nitrogens with one attached hydrogen (secondary N) is 1. The first-order valence-corrected chi connectivity index (χ1v) is 7.33. The van der Waals surface area contributed by atoms with Crippen LogP contribution >= 0.6 is 46.2 Å². The van der Waals surface area contributed by atoms with Gasteiger partial charge in [-0.25, -0.2) is 0 Å². The van der Waals surface area contributed by atoms with Gasteiger partial charge in [0.1, 0.15) is 0 Å². The van der Waals surface area contributed by atoms with Gasteiger partial charge in [-0.3, -0.25) is 9.97 Å². The van der Waals surface area contributed by atoms with E-state index in [2.05, 4.69) is 15.0 Å². The molecule has 16 heavy (non-hydrogen) atoms. The van der Waals surface area contributed by atoms with Gasteiger partial charge in [-0.2, -0.15) is 0 Å². The molecule has 0 spiro atoms. The van der Waals surface area contributed by atoms with Gasteiger partial charge in [0.2, 0.25) is 0 Å². The van der Waals surface area contributed by atoms with Crippen LogP contribution in [0.1, 0.15) is 0 Å². The summed E-state index contributed by atoms with van der Waals surface area (Å²) in [4.78, 5) is 10.3. The predicted molar refractivity (Wildman–Crippen MR) is 73.7 cm³/mol. The molecule has 0 bridgehead atoms. The van der Waals surface area contributed by atoms with Crippen LogP contribution in [-0.4, -0.2) is 15.0 Å². The summed E-state index contributed by atoms with van der Waals surface area (Å²) in [6.45, 7) is 0. The number of aromatic amines is 1. The zero-order valence-corrected chi connectivity index (χ0v) is 11.4. The highest BCUT2D eigenvalue weighted by Gasteiger charge is 1.67. The van der Waals surface area contributed by atoms with E-state index in [1.807, 2.05) is 22.3 Å². The van der Waals surface area contributed by atoms with Crippen molar-refractivity contribution in [3.8, 4) is 0 Å². The molecule has 3 heterocycles. The number of hydrogen-bond acceptors (Lipinski definition) is 6. The standard InChI is InChI=1S/C3H3NS2.2C3H3NS/c5-3-4-1-2-6-3;2*1-2-5-3-4-1/h1-2H,(H,4,5);2*1-3H. The Morgan fingerprint density at radius 3 is 1.75 bits per heavy atom. The molecule has 0 aromatic carbocycles. The number of hydrogen-bond donors (Lipinski definition) is 1. The van der Waals surface area contributed by atoms with Crippen molar-refractivity contribution in [2.45, 2.75) is 0 Å². The van der Waals surface area contributed by atoms with E-state index in [1.54, 1.807) is 46.1 Å². The minimum absolute atomic E-state index is 0.843. The Morgan fingerprint density at radius 1 is 1.00 bits per heavy atom. The van der Waals surface area contributed by atoms with Crippen LogP contribution in [0.4, 0.5) is 0 Å². The second kappa shape index (κ2) is 9.34. The van der Waals surface area contributed by atoms with Crippen molar-refractivity contribution >= 4 is 46.2 Å². The SMILES string of the molecule is S=c1[nH]ccs1.c1cscn1.c1cscn1. The molecule has 3 aromatic heterocycles. The fourth-order valence-electron chi connectivity index (χ4n) is 0.583. The van der Waals surface area contributed by atoms with E-state index >= 15 is 0 Å². The largest absolute Gasteiger partial charge is 0.344 e. The second-order valence-corrected chi connectivity index (χ2v) is 5.30. The number of nitrogens with zero attached hydrogens (tertiary/aromatic N) is 2. The van der Waals surface area contributed by atoms with E-state index in [4.69, 9.17) is 12.2 Å². The van der Waals surface area contributed by atoms with Crippen molar-refractivity contribution in [1.29, 1.82) is 0 Å². The summed E-state index contributed by atoms with van der Waals surface area (Å²) in [5.41, 5.74) is 3.58. The van der Waals surface area contributed by atoms with Gasteiger partial charge in [0.05, 0.1) is 11.0 Å². The maximum atomic E-state index is 4.71. The Balaban J connectivity index is 0.000000121. The number of thiazole rings is 3. The van der Waals surface area contributed by atoms with E-state index in [0.29, 0.717) is 0 Å². The molecule has 0 saturated carbocycles. The highest BCUT2D eigenvalue weighted by Crippen LogP contribution is 1.93. The average molecular weight is 287 g/mol. The summed E-state index contributed by atoms with van der Waals surface area (Å²) < 4.78 is 0.843. The molecular formula is C9H9N3S4. The lowest BCUT2D eigenvalue weighted by molar-refractivity contribution is 1.40. The molecule has 0 saturated heterocycles. The zero-order valence-electron chi connectivity index (χ0n) is 8.15. The number of H-pyrrole nitrogens is 1. The lowest BCUT2D eigenvalue weighted by atomic mass is 11.0. The molecule has 0 aliphatic carbocycles. The van der Waals surface area contributed by atoms with Gasteiger partial charge in [0, 0.05) is 34.7 Å². The van der Waals surface area contributed by atoms with Crippen LogP contribution in [0.2, 0.25) is 0 Å². The van der Waals surface area contributed by atoms with Crippen LogP contribution in [0.5, 0.6) is 0 Å². The van der Waals surface area contributed by atoms with Crippen LogP contribution in [0, 0.1) is 3.95 Å². The van der Waals surface area contributed by atoms with E-state index < -0.39 is 0 Å². The first-order chi connectivity index (χ1) is 7.89. The summed E-state index contributed by atoms with van der Waals surface area (Å²) in [5.74, 6) is 0. The Hall–Kier alpha value is -0.890. The molecule has 84 valence electrons. The topological polar surface area (TPSA) is 41.6 Å². The minimum Gasteiger partial charge on any atom is -0.344 e. The van der Waals surface area contributed by atoms with Crippen molar-refractivity contribution in [1.82, 2.24) is 15.0 Å². The minimum atomic E-state index is 0.843. The van der Waals surface area contributed by atoms with Gasteiger partial charge < -0.3 is 4.98 Å². The molecule has 0 unspecified atom stereocenters. The molecule has 3 aromatic rings. The Kier molecular flexibility index (Phi) is 7.70. The van der Waals surface area contributed by atoms with E-state index in [-0.39, 0.29) is 0 Å². The van der Waals surface area contributed by atoms with Crippen LogP contribution in [0.3, 0.4) is 0 Å². The van der Waals surface area contributed by atoms with Crippen molar-refractivity contribution in [3.05, 3.63) is 49.7 Å². The molecule has 0 aliphatic rings. The summed E-state index contributed by atoms with van der Waals surface area (Å²) >= 11 is 9.45. The highest BCUT2D eigenvalue weighted by atomic mass is 32.1. The highest BCUT2D eigenvalue weighted by molar-refractivity contribution is 7.73. The Labute approximate surface area is 110 Å². The molecule has 0 radical (unpaired) electrons. The summed E-state index contributed by atoms with van der Waals surface area (Å²) in [6, 6.07) is 0. The van der Waals surface area contributed by atoms with Crippen LogP contribution in [0.15, 0.2) is 45.8 Å². The maximum Gasteiger partial charge on any atom is 0.158 e. The lowest BCUT2D eigenvalue weighted by Gasteiger charge is -1.53. The van der Waals surface area contributed by atoms with Crippen molar-refractivity contribution < 1.29 is 0 Å². The molecular weight excluding hydrogens is 278 g/mol. The maximum absolute atomic E-state index is 4.71. The van der Waals surface area contributed by atoms with Gasteiger partial charge in [-0.15, -0.1) is 34.0 Å².